The van der Waals surface area contributed by atoms with Crippen LogP contribution in [0.5, 0.6) is 0 Å². The zero-order valence-electron chi connectivity index (χ0n) is 15.1. The Morgan fingerprint density at radius 1 is 1.08 bits per heavy atom. The van der Waals surface area contributed by atoms with Crippen molar-refractivity contribution >= 4 is 22.8 Å². The Bertz CT molecular complexity index is 940. The number of nitrogens with one attached hydrogen (secondary N) is 2. The number of carbonyl (C=O) groups is 1. The summed E-state index contributed by atoms with van der Waals surface area (Å²) >= 11 is 0. The van der Waals surface area contributed by atoms with Gasteiger partial charge in [0.25, 0.3) is 0 Å². The summed E-state index contributed by atoms with van der Waals surface area (Å²) in [4.78, 5) is 16.5. The van der Waals surface area contributed by atoms with Gasteiger partial charge in [-0.2, -0.15) is 5.10 Å². The lowest BCUT2D eigenvalue weighted by Gasteiger charge is -2.32. The summed E-state index contributed by atoms with van der Waals surface area (Å²) in [5.41, 5.74) is 4.44. The molecule has 2 aromatic carbocycles. The number of fused-ring (bicyclic) bond motifs is 1. The van der Waals surface area contributed by atoms with Crippen molar-refractivity contribution in [1.29, 1.82) is 0 Å². The molecule has 134 valence electrons. The van der Waals surface area contributed by atoms with Gasteiger partial charge in [0.15, 0.2) is 5.82 Å². The van der Waals surface area contributed by atoms with Crippen LogP contribution in [0.15, 0.2) is 42.5 Å². The summed E-state index contributed by atoms with van der Waals surface area (Å²) in [5, 5.41) is 11.2. The second kappa shape index (κ2) is 6.80. The average molecular weight is 349 g/mol. The molecule has 6 nitrogen and oxygen atoms in total. The van der Waals surface area contributed by atoms with Gasteiger partial charge in [0, 0.05) is 31.6 Å². The number of hydrogen-bond donors (Lipinski definition) is 2. The molecular formula is C20H23N5O. The van der Waals surface area contributed by atoms with Crippen molar-refractivity contribution in [3.63, 3.8) is 0 Å². The van der Waals surface area contributed by atoms with Crippen LogP contribution in [0.4, 0.5) is 10.6 Å². The molecule has 0 radical (unpaired) electrons. The largest absolute Gasteiger partial charge is 0.323 e. The van der Waals surface area contributed by atoms with Crippen molar-refractivity contribution in [3.8, 4) is 11.1 Å². The molecular weight excluding hydrogens is 326 g/mol. The smallest absolute Gasteiger partial charge is 0.322 e. The highest BCUT2D eigenvalue weighted by molar-refractivity contribution is 6.00. The number of piperazine rings is 1. The fourth-order valence-corrected chi connectivity index (χ4v) is 3.31. The molecule has 6 heteroatoms. The molecule has 26 heavy (non-hydrogen) atoms. The number of carbonyl (C=O) groups excluding carboxylic acids is 1. The number of urea groups is 1. The van der Waals surface area contributed by atoms with Crippen molar-refractivity contribution in [2.24, 2.45) is 0 Å². The normalized spacial score (nSPS) is 15.4. The lowest BCUT2D eigenvalue weighted by atomic mass is 10.0. The van der Waals surface area contributed by atoms with Crippen LogP contribution in [0.2, 0.25) is 0 Å². The number of benzene rings is 2. The first kappa shape index (κ1) is 16.6. The van der Waals surface area contributed by atoms with Crippen LogP contribution in [-0.4, -0.2) is 59.3 Å². The van der Waals surface area contributed by atoms with E-state index >= 15 is 0 Å². The number of amides is 2. The second-order valence-corrected chi connectivity index (χ2v) is 6.92. The van der Waals surface area contributed by atoms with Gasteiger partial charge >= 0.3 is 6.03 Å². The Kier molecular flexibility index (Phi) is 4.34. The molecule has 0 unspecified atom stereocenters. The maximum Gasteiger partial charge on any atom is 0.323 e. The van der Waals surface area contributed by atoms with E-state index in [1.54, 1.807) is 0 Å². The maximum atomic E-state index is 12.5. The molecule has 1 aliphatic rings. The van der Waals surface area contributed by atoms with Crippen LogP contribution in [0.25, 0.3) is 22.0 Å². The Labute approximate surface area is 152 Å². The quantitative estimate of drug-likeness (QED) is 0.746. The first-order valence-corrected chi connectivity index (χ1v) is 8.90. The SMILES string of the molecule is Cc1cccc(-c2ccc3c(NC(=O)N4CCN(C)CC4)n[nH]c3c2)c1. The van der Waals surface area contributed by atoms with Gasteiger partial charge in [-0.05, 0) is 37.2 Å². The topological polar surface area (TPSA) is 64.3 Å². The first-order chi connectivity index (χ1) is 12.6. The van der Waals surface area contributed by atoms with Gasteiger partial charge in [0.1, 0.15) is 0 Å². The number of aryl methyl sites for hydroxylation is 1. The van der Waals surface area contributed by atoms with Gasteiger partial charge in [0.05, 0.1) is 5.52 Å². The molecule has 0 atom stereocenters. The molecule has 2 amide bonds. The molecule has 1 saturated heterocycles. The van der Waals surface area contributed by atoms with E-state index in [0.29, 0.717) is 5.82 Å². The molecule has 1 fully saturated rings. The molecule has 3 aromatic rings. The molecule has 4 rings (SSSR count). The zero-order valence-corrected chi connectivity index (χ0v) is 15.1. The molecule has 0 bridgehead atoms. The molecule has 1 aliphatic heterocycles. The minimum absolute atomic E-state index is 0.0886. The maximum absolute atomic E-state index is 12.5. The van der Waals surface area contributed by atoms with Crippen LogP contribution in [-0.2, 0) is 0 Å². The fourth-order valence-electron chi connectivity index (χ4n) is 3.31. The minimum atomic E-state index is -0.0886. The number of hydrogen-bond acceptors (Lipinski definition) is 3. The second-order valence-electron chi connectivity index (χ2n) is 6.92. The average Bonchev–Trinajstić information content (AvgIpc) is 3.04. The van der Waals surface area contributed by atoms with E-state index in [9.17, 15) is 4.79 Å². The van der Waals surface area contributed by atoms with Crippen molar-refractivity contribution in [2.45, 2.75) is 6.92 Å². The zero-order chi connectivity index (χ0) is 18.1. The number of aromatic nitrogens is 2. The summed E-state index contributed by atoms with van der Waals surface area (Å²) in [7, 11) is 2.07. The number of nitrogens with zero attached hydrogens (tertiary/aromatic N) is 3. The van der Waals surface area contributed by atoms with E-state index in [0.717, 1.165) is 42.6 Å². The number of anilines is 1. The summed E-state index contributed by atoms with van der Waals surface area (Å²) in [6.07, 6.45) is 0. The van der Waals surface area contributed by atoms with Gasteiger partial charge in [-0.15, -0.1) is 0 Å². The van der Waals surface area contributed by atoms with Gasteiger partial charge in [-0.3, -0.25) is 10.4 Å². The lowest BCUT2D eigenvalue weighted by molar-refractivity contribution is 0.164. The standard InChI is InChI=1S/C20H23N5O/c1-14-4-3-5-15(12-14)16-6-7-17-18(13-16)22-23-19(17)21-20(26)25-10-8-24(2)9-11-25/h3-7,12-13H,8-11H2,1-2H3,(H2,21,22,23,26). The van der Waals surface area contributed by atoms with E-state index in [-0.39, 0.29) is 6.03 Å². The predicted octanol–water partition coefficient (Wildman–Crippen LogP) is 3.32. The number of H-pyrrole nitrogens is 1. The summed E-state index contributed by atoms with van der Waals surface area (Å²) in [6, 6.07) is 14.5. The van der Waals surface area contributed by atoms with Gasteiger partial charge in [0.2, 0.25) is 0 Å². The highest BCUT2D eigenvalue weighted by Gasteiger charge is 2.20. The van der Waals surface area contributed by atoms with Crippen LogP contribution >= 0.6 is 0 Å². The Balaban J connectivity index is 1.55. The van der Waals surface area contributed by atoms with Crippen LogP contribution < -0.4 is 5.32 Å². The van der Waals surface area contributed by atoms with Gasteiger partial charge in [-0.1, -0.05) is 35.9 Å². The molecule has 2 heterocycles. The Hall–Kier alpha value is -2.86. The van der Waals surface area contributed by atoms with E-state index < -0.39 is 0 Å². The van der Waals surface area contributed by atoms with Gasteiger partial charge in [-0.25, -0.2) is 4.79 Å². The molecule has 0 saturated carbocycles. The third-order valence-electron chi connectivity index (χ3n) is 4.93. The highest BCUT2D eigenvalue weighted by Crippen LogP contribution is 2.27. The van der Waals surface area contributed by atoms with E-state index in [2.05, 4.69) is 70.8 Å². The minimum Gasteiger partial charge on any atom is -0.322 e. The Morgan fingerprint density at radius 2 is 1.85 bits per heavy atom. The van der Waals surface area contributed by atoms with Crippen LogP contribution in [0, 0.1) is 6.92 Å². The summed E-state index contributed by atoms with van der Waals surface area (Å²) in [6.45, 7) is 5.36. The summed E-state index contributed by atoms with van der Waals surface area (Å²) in [5.74, 6) is 0.583. The molecule has 1 aromatic heterocycles. The van der Waals surface area contributed by atoms with E-state index in [1.807, 2.05) is 11.0 Å². The van der Waals surface area contributed by atoms with Crippen molar-refractivity contribution < 1.29 is 4.79 Å². The van der Waals surface area contributed by atoms with Crippen LogP contribution in [0.3, 0.4) is 0 Å². The van der Waals surface area contributed by atoms with Gasteiger partial charge < -0.3 is 9.80 Å². The van der Waals surface area contributed by atoms with Crippen molar-refractivity contribution in [3.05, 3.63) is 48.0 Å². The van der Waals surface area contributed by atoms with E-state index in [1.165, 1.54) is 11.1 Å². The fraction of sp³-hybridized carbons (Fsp3) is 0.300. The molecule has 0 aliphatic carbocycles. The van der Waals surface area contributed by atoms with E-state index in [4.69, 9.17) is 0 Å². The number of rotatable bonds is 2. The molecule has 2 N–H and O–H groups in total. The van der Waals surface area contributed by atoms with Crippen molar-refractivity contribution in [1.82, 2.24) is 20.0 Å². The first-order valence-electron chi connectivity index (χ1n) is 8.90. The molecule has 0 spiro atoms. The lowest BCUT2D eigenvalue weighted by Crippen LogP contribution is -2.48. The number of aromatic amines is 1. The third-order valence-corrected chi connectivity index (χ3v) is 4.93. The van der Waals surface area contributed by atoms with Crippen LogP contribution in [0.1, 0.15) is 5.56 Å². The Morgan fingerprint density at radius 3 is 2.62 bits per heavy atom. The van der Waals surface area contributed by atoms with Crippen molar-refractivity contribution in [2.75, 3.05) is 38.5 Å². The number of likely N-dealkylation sites (N-methyl/N-ethyl adjacent to an activating group) is 1. The summed E-state index contributed by atoms with van der Waals surface area (Å²) < 4.78 is 0. The predicted molar refractivity (Wildman–Crippen MR) is 104 cm³/mol. The third kappa shape index (κ3) is 3.28. The highest BCUT2D eigenvalue weighted by atomic mass is 16.2. The monoisotopic (exact) mass is 349 g/mol.